The molecule has 2 aromatic carbocycles. The second-order valence-electron chi connectivity index (χ2n) is 7.14. The van der Waals surface area contributed by atoms with E-state index in [1.807, 2.05) is 24.3 Å². The minimum Gasteiger partial charge on any atom is -0.459 e. The Morgan fingerprint density at radius 3 is 2.42 bits per heavy atom. The molecule has 0 aliphatic rings. The van der Waals surface area contributed by atoms with Crippen LogP contribution in [0.15, 0.2) is 65.2 Å². The molecule has 0 atom stereocenters. The van der Waals surface area contributed by atoms with Crippen LogP contribution in [0.2, 0.25) is 10.0 Å². The molecule has 2 N–H and O–H groups in total. The van der Waals surface area contributed by atoms with Crippen molar-refractivity contribution < 1.29 is 14.0 Å². The highest BCUT2D eigenvalue weighted by molar-refractivity contribution is 6.40. The molecule has 0 saturated heterocycles. The average Bonchev–Trinajstić information content (AvgIpc) is 3.09. The molecule has 0 spiro atoms. The maximum absolute atomic E-state index is 12.8. The van der Waals surface area contributed by atoms with Crippen LogP contribution in [0.25, 0.3) is 11.0 Å². The molecule has 4 rings (SSSR count). The van der Waals surface area contributed by atoms with Crippen LogP contribution in [0.1, 0.15) is 27.4 Å². The quantitative estimate of drug-likeness (QED) is 0.338. The first-order valence-electron chi connectivity index (χ1n) is 9.87. The molecular formula is C24H20Cl3N3O3. The number of hydrogen-bond donors (Lipinski definition) is 2. The van der Waals surface area contributed by atoms with Crippen molar-refractivity contribution in [3.8, 4) is 0 Å². The Morgan fingerprint density at radius 2 is 1.73 bits per heavy atom. The summed E-state index contributed by atoms with van der Waals surface area (Å²) in [6.07, 6.45) is 1.82. The predicted molar refractivity (Wildman–Crippen MR) is 132 cm³/mol. The van der Waals surface area contributed by atoms with Gasteiger partial charge in [-0.3, -0.25) is 14.6 Å². The maximum atomic E-state index is 12.8. The topological polar surface area (TPSA) is 84.2 Å². The highest BCUT2D eigenvalue weighted by Gasteiger charge is 2.20. The van der Waals surface area contributed by atoms with Crippen molar-refractivity contribution in [1.29, 1.82) is 0 Å². The lowest BCUT2D eigenvalue weighted by atomic mass is 10.1. The van der Waals surface area contributed by atoms with E-state index >= 15 is 0 Å². The number of fused-ring (bicyclic) bond motifs is 1. The molecule has 0 fully saturated rings. The van der Waals surface area contributed by atoms with Gasteiger partial charge in [-0.25, -0.2) is 0 Å². The van der Waals surface area contributed by atoms with Gasteiger partial charge in [0, 0.05) is 17.1 Å². The molecular weight excluding hydrogens is 485 g/mol. The Kier molecular flexibility index (Phi) is 7.97. The number of rotatable bonds is 6. The Morgan fingerprint density at radius 1 is 1.00 bits per heavy atom. The predicted octanol–water partition coefficient (Wildman–Crippen LogP) is 5.98. The summed E-state index contributed by atoms with van der Waals surface area (Å²) >= 11 is 12.3. The van der Waals surface area contributed by atoms with Crippen molar-refractivity contribution in [3.63, 3.8) is 0 Å². The summed E-state index contributed by atoms with van der Waals surface area (Å²) in [5.74, 6) is 0.000934. The number of benzene rings is 2. The van der Waals surface area contributed by atoms with E-state index in [1.54, 1.807) is 43.5 Å². The van der Waals surface area contributed by atoms with Crippen molar-refractivity contribution in [2.45, 2.75) is 19.9 Å². The first-order valence-corrected chi connectivity index (χ1v) is 10.6. The van der Waals surface area contributed by atoms with Crippen LogP contribution in [0.3, 0.4) is 0 Å². The van der Waals surface area contributed by atoms with Gasteiger partial charge < -0.3 is 15.1 Å². The first-order chi connectivity index (χ1) is 15.4. The Balaban J connectivity index is 0.00000306. The molecule has 6 nitrogen and oxygen atoms in total. The molecule has 2 amide bonds. The van der Waals surface area contributed by atoms with Gasteiger partial charge >= 0.3 is 0 Å². The SMILES string of the molecule is Cc1oc2c(NC(=O)c3c(Cl)cccc3Cl)cccc2c1CC(=O)NCc1ccccn1.Cl. The molecule has 2 heterocycles. The van der Waals surface area contributed by atoms with Crippen LogP contribution in [-0.2, 0) is 17.8 Å². The first kappa shape index (κ1) is 24.6. The van der Waals surface area contributed by atoms with E-state index in [2.05, 4.69) is 15.6 Å². The van der Waals surface area contributed by atoms with Gasteiger partial charge in [-0.1, -0.05) is 47.5 Å². The van der Waals surface area contributed by atoms with E-state index in [1.165, 1.54) is 0 Å². The number of pyridine rings is 1. The van der Waals surface area contributed by atoms with Crippen LogP contribution >= 0.6 is 35.6 Å². The van der Waals surface area contributed by atoms with Crippen molar-refractivity contribution in [2.75, 3.05) is 5.32 Å². The third kappa shape index (κ3) is 5.47. The number of anilines is 1. The van der Waals surface area contributed by atoms with E-state index in [9.17, 15) is 9.59 Å². The molecule has 0 saturated carbocycles. The minimum atomic E-state index is -0.447. The zero-order valence-electron chi connectivity index (χ0n) is 17.5. The highest BCUT2D eigenvalue weighted by atomic mass is 35.5. The van der Waals surface area contributed by atoms with Gasteiger partial charge in [0.1, 0.15) is 5.76 Å². The molecule has 9 heteroatoms. The van der Waals surface area contributed by atoms with E-state index in [-0.39, 0.29) is 40.3 Å². The number of amides is 2. The molecule has 2 aromatic heterocycles. The lowest BCUT2D eigenvalue weighted by molar-refractivity contribution is -0.120. The number of aryl methyl sites for hydroxylation is 1. The van der Waals surface area contributed by atoms with Gasteiger partial charge in [0.25, 0.3) is 5.91 Å². The summed E-state index contributed by atoms with van der Waals surface area (Å²) in [5.41, 5.74) is 2.66. The van der Waals surface area contributed by atoms with Gasteiger partial charge in [0.05, 0.1) is 40.0 Å². The average molecular weight is 505 g/mol. The van der Waals surface area contributed by atoms with Crippen molar-refractivity contribution in [3.05, 3.63) is 93.4 Å². The monoisotopic (exact) mass is 503 g/mol. The minimum absolute atomic E-state index is 0. The fraction of sp³-hybridized carbons (Fsp3) is 0.125. The third-order valence-electron chi connectivity index (χ3n) is 4.99. The second-order valence-corrected chi connectivity index (χ2v) is 7.96. The number of aromatic nitrogens is 1. The molecule has 0 unspecified atom stereocenters. The zero-order chi connectivity index (χ0) is 22.7. The summed E-state index contributed by atoms with van der Waals surface area (Å²) in [6, 6.07) is 15.8. The van der Waals surface area contributed by atoms with Crippen molar-refractivity contribution >= 4 is 64.1 Å². The second kappa shape index (κ2) is 10.7. The number of nitrogens with one attached hydrogen (secondary N) is 2. The number of hydrogen-bond acceptors (Lipinski definition) is 4. The Hall–Kier alpha value is -3.06. The number of furan rings is 1. The van der Waals surface area contributed by atoms with Crippen LogP contribution < -0.4 is 10.6 Å². The summed E-state index contributed by atoms with van der Waals surface area (Å²) < 4.78 is 5.92. The highest BCUT2D eigenvalue weighted by Crippen LogP contribution is 2.33. The van der Waals surface area contributed by atoms with Crippen molar-refractivity contribution in [1.82, 2.24) is 10.3 Å². The van der Waals surface area contributed by atoms with Gasteiger partial charge in [-0.15, -0.1) is 12.4 Å². The fourth-order valence-electron chi connectivity index (χ4n) is 3.42. The smallest absolute Gasteiger partial charge is 0.258 e. The molecule has 0 bridgehead atoms. The Bertz CT molecular complexity index is 1290. The van der Waals surface area contributed by atoms with Crippen LogP contribution in [0, 0.1) is 6.92 Å². The summed E-state index contributed by atoms with van der Waals surface area (Å²) in [4.78, 5) is 29.5. The zero-order valence-corrected chi connectivity index (χ0v) is 19.9. The summed E-state index contributed by atoms with van der Waals surface area (Å²) in [5, 5.41) is 6.94. The van der Waals surface area contributed by atoms with E-state index in [4.69, 9.17) is 27.6 Å². The van der Waals surface area contributed by atoms with E-state index in [0.29, 0.717) is 23.6 Å². The molecule has 0 aliphatic heterocycles. The molecule has 4 aromatic rings. The number of halogens is 3. The number of para-hydroxylation sites is 1. The van der Waals surface area contributed by atoms with Gasteiger partial charge in [-0.05, 0) is 37.3 Å². The number of carbonyl (C=O) groups is 2. The third-order valence-corrected chi connectivity index (χ3v) is 5.62. The van der Waals surface area contributed by atoms with Gasteiger partial charge in [0.15, 0.2) is 5.58 Å². The van der Waals surface area contributed by atoms with Crippen LogP contribution in [0.5, 0.6) is 0 Å². The molecule has 170 valence electrons. The van der Waals surface area contributed by atoms with E-state index < -0.39 is 5.91 Å². The van der Waals surface area contributed by atoms with Gasteiger partial charge in [-0.2, -0.15) is 0 Å². The lowest BCUT2D eigenvalue weighted by Crippen LogP contribution is -2.25. The summed E-state index contributed by atoms with van der Waals surface area (Å²) in [6.45, 7) is 2.13. The fourth-order valence-corrected chi connectivity index (χ4v) is 3.99. The number of nitrogens with zero attached hydrogens (tertiary/aromatic N) is 1. The van der Waals surface area contributed by atoms with Crippen molar-refractivity contribution in [2.24, 2.45) is 0 Å². The van der Waals surface area contributed by atoms with E-state index in [0.717, 1.165) is 16.6 Å². The molecule has 0 aliphatic carbocycles. The standard InChI is InChI=1S/C24H19Cl2N3O3.ClH/c1-14-17(12-21(30)28-13-15-6-2-3-11-27-15)16-7-4-10-20(23(16)32-14)29-24(31)22-18(25)8-5-9-19(22)26;/h2-11H,12-13H2,1H3,(H,28,30)(H,29,31);1H. The lowest BCUT2D eigenvalue weighted by Gasteiger charge is -2.09. The van der Waals surface area contributed by atoms with Gasteiger partial charge in [0.2, 0.25) is 5.91 Å². The normalized spacial score (nSPS) is 10.5. The molecule has 33 heavy (non-hydrogen) atoms. The largest absolute Gasteiger partial charge is 0.459 e. The summed E-state index contributed by atoms with van der Waals surface area (Å²) in [7, 11) is 0. The van der Waals surface area contributed by atoms with Crippen LogP contribution in [-0.4, -0.2) is 16.8 Å². The maximum Gasteiger partial charge on any atom is 0.258 e. The number of carbonyl (C=O) groups excluding carboxylic acids is 2. The van der Waals surface area contributed by atoms with Crippen LogP contribution in [0.4, 0.5) is 5.69 Å². The molecule has 0 radical (unpaired) electrons. The Labute approximate surface area is 206 Å².